The molecule has 9 heteroatoms. The van der Waals surface area contributed by atoms with Crippen molar-refractivity contribution in [2.24, 2.45) is 5.92 Å². The number of ketones is 1. The van der Waals surface area contributed by atoms with Gasteiger partial charge in [-0.1, -0.05) is 13.8 Å². The van der Waals surface area contributed by atoms with Crippen LogP contribution >= 0.6 is 0 Å². The minimum atomic E-state index is -3.20. The predicted octanol–water partition coefficient (Wildman–Crippen LogP) is 3.34. The van der Waals surface area contributed by atoms with Gasteiger partial charge in [-0.15, -0.1) is 0 Å². The highest BCUT2D eigenvalue weighted by atomic mass is 19.3. The second-order valence-corrected chi connectivity index (χ2v) is 4.89. The Labute approximate surface area is 136 Å². The number of rotatable bonds is 7. The van der Waals surface area contributed by atoms with Gasteiger partial charge in [-0.2, -0.15) is 14.0 Å². The number of nitrogens with zero attached hydrogens (tertiary/aromatic N) is 2. The minimum absolute atomic E-state index is 0.135. The maximum Gasteiger partial charge on any atom is 0.387 e. The monoisotopic (exact) mass is 340 g/mol. The van der Waals surface area contributed by atoms with Crippen LogP contribution in [-0.4, -0.2) is 24.4 Å². The van der Waals surface area contributed by atoms with Crippen LogP contribution in [0.4, 0.5) is 14.5 Å². The first-order chi connectivity index (χ1) is 11.2. The van der Waals surface area contributed by atoms with E-state index in [9.17, 15) is 23.7 Å². The van der Waals surface area contributed by atoms with Crippen LogP contribution in [0.5, 0.6) is 11.5 Å². The van der Waals surface area contributed by atoms with Crippen molar-refractivity contribution in [1.82, 2.24) is 0 Å². The van der Waals surface area contributed by atoms with E-state index in [1.165, 1.54) is 0 Å². The van der Waals surface area contributed by atoms with Crippen LogP contribution in [0.3, 0.4) is 0 Å². The fourth-order valence-corrected chi connectivity index (χ4v) is 1.81. The summed E-state index contributed by atoms with van der Waals surface area (Å²) in [4.78, 5) is 22.2. The van der Waals surface area contributed by atoms with Gasteiger partial charge >= 0.3 is 6.61 Å². The molecule has 128 valence electrons. The van der Waals surface area contributed by atoms with Gasteiger partial charge in [0.1, 0.15) is 6.07 Å². The Morgan fingerprint density at radius 2 is 2.00 bits per heavy atom. The van der Waals surface area contributed by atoms with Crippen molar-refractivity contribution in [3.05, 3.63) is 33.4 Å². The van der Waals surface area contributed by atoms with Crippen LogP contribution in [0.2, 0.25) is 0 Å². The maximum atomic E-state index is 12.4. The number of carbonyl (C=O) groups excluding carboxylic acids is 1. The highest BCUT2D eigenvalue weighted by molar-refractivity contribution is 6.04. The lowest BCUT2D eigenvalue weighted by Gasteiger charge is -2.11. The zero-order valence-electron chi connectivity index (χ0n) is 13.1. The molecule has 0 aliphatic carbocycles. The molecule has 24 heavy (non-hydrogen) atoms. The summed E-state index contributed by atoms with van der Waals surface area (Å²) in [6, 6.07) is 3.49. The second kappa shape index (κ2) is 8.01. The van der Waals surface area contributed by atoms with Crippen molar-refractivity contribution in [2.45, 2.75) is 20.5 Å². The summed E-state index contributed by atoms with van der Waals surface area (Å²) in [5.41, 5.74) is -1.03. The average Bonchev–Trinajstić information content (AvgIpc) is 2.51. The number of hydrogen-bond acceptors (Lipinski definition) is 6. The number of nitro benzene ring substituents is 1. The van der Waals surface area contributed by atoms with Crippen molar-refractivity contribution in [2.75, 3.05) is 7.11 Å². The number of carbonyl (C=O) groups is 1. The third-order valence-electron chi connectivity index (χ3n) is 2.94. The Bertz CT molecular complexity index is 723. The molecule has 0 aromatic heterocycles. The fraction of sp³-hybridized carbons (Fsp3) is 0.333. The van der Waals surface area contributed by atoms with Crippen LogP contribution in [0.15, 0.2) is 17.7 Å². The molecule has 0 atom stereocenters. The molecule has 0 aliphatic heterocycles. The topological polar surface area (TPSA) is 102 Å². The van der Waals surface area contributed by atoms with E-state index in [1.807, 2.05) is 0 Å². The number of nitro groups is 1. The zero-order chi connectivity index (χ0) is 18.4. The number of allylic oxidation sites excluding steroid dienone is 1. The molecule has 0 N–H and O–H groups in total. The number of hydrogen-bond donors (Lipinski definition) is 0. The minimum Gasteiger partial charge on any atom is -0.493 e. The Morgan fingerprint density at radius 3 is 2.42 bits per heavy atom. The smallest absolute Gasteiger partial charge is 0.387 e. The average molecular weight is 340 g/mol. The predicted molar refractivity (Wildman–Crippen MR) is 79.7 cm³/mol. The van der Waals surface area contributed by atoms with Crippen LogP contribution in [0.25, 0.3) is 6.08 Å². The molecule has 0 spiro atoms. The maximum absolute atomic E-state index is 12.4. The summed E-state index contributed by atoms with van der Waals surface area (Å²) >= 11 is 0. The van der Waals surface area contributed by atoms with E-state index in [0.29, 0.717) is 0 Å². The summed E-state index contributed by atoms with van der Waals surface area (Å²) < 4.78 is 33.8. The Hall–Kier alpha value is -3.02. The molecule has 0 saturated heterocycles. The lowest BCUT2D eigenvalue weighted by atomic mass is 9.99. The number of benzene rings is 1. The van der Waals surface area contributed by atoms with Crippen molar-refractivity contribution in [1.29, 1.82) is 5.26 Å². The Balaban J connectivity index is 3.54. The highest BCUT2D eigenvalue weighted by Crippen LogP contribution is 2.36. The van der Waals surface area contributed by atoms with E-state index < -0.39 is 34.7 Å². The first-order valence-corrected chi connectivity index (χ1v) is 6.68. The first-order valence-electron chi connectivity index (χ1n) is 6.68. The fourth-order valence-electron chi connectivity index (χ4n) is 1.81. The second-order valence-electron chi connectivity index (χ2n) is 4.89. The molecule has 0 heterocycles. The lowest BCUT2D eigenvalue weighted by molar-refractivity contribution is -0.385. The van der Waals surface area contributed by atoms with Crippen LogP contribution < -0.4 is 9.47 Å². The first kappa shape index (κ1) is 19.0. The van der Waals surface area contributed by atoms with E-state index in [1.54, 1.807) is 19.9 Å². The molecule has 0 amide bonds. The van der Waals surface area contributed by atoms with E-state index in [0.717, 1.165) is 25.3 Å². The molecule has 7 nitrogen and oxygen atoms in total. The number of methoxy groups -OCH3 is 1. The SMILES string of the molecule is COc1cc(C=C(C#N)C(=O)C(C)C)c([N+](=O)[O-])cc1OC(F)F. The van der Waals surface area contributed by atoms with Crippen molar-refractivity contribution >= 4 is 17.5 Å². The van der Waals surface area contributed by atoms with E-state index in [-0.39, 0.29) is 16.9 Å². The number of alkyl halides is 2. The zero-order valence-corrected chi connectivity index (χ0v) is 13.1. The molecule has 0 radical (unpaired) electrons. The molecule has 0 bridgehead atoms. The number of Topliss-reactive ketones (excluding diaryl/α,β-unsaturated/α-hetero) is 1. The molecular formula is C15H14F2N2O5. The number of halogens is 2. The van der Waals surface area contributed by atoms with Gasteiger partial charge in [0.2, 0.25) is 0 Å². The van der Waals surface area contributed by atoms with Crippen molar-refractivity contribution in [3.8, 4) is 17.6 Å². The summed E-state index contributed by atoms with van der Waals surface area (Å²) in [5, 5.41) is 20.2. The van der Waals surface area contributed by atoms with Crippen molar-refractivity contribution in [3.63, 3.8) is 0 Å². The highest BCUT2D eigenvalue weighted by Gasteiger charge is 2.22. The van der Waals surface area contributed by atoms with Crippen LogP contribution in [-0.2, 0) is 4.79 Å². The Kier molecular flexibility index (Phi) is 6.35. The van der Waals surface area contributed by atoms with Gasteiger partial charge in [0.05, 0.1) is 29.2 Å². The molecule has 1 aromatic rings. The van der Waals surface area contributed by atoms with Gasteiger partial charge in [0.25, 0.3) is 5.69 Å². The largest absolute Gasteiger partial charge is 0.493 e. The van der Waals surface area contributed by atoms with E-state index in [4.69, 9.17) is 10.00 Å². The molecule has 0 fully saturated rings. The van der Waals surface area contributed by atoms with Gasteiger partial charge in [-0.05, 0) is 12.1 Å². The molecular weight excluding hydrogens is 326 g/mol. The lowest BCUT2D eigenvalue weighted by Crippen LogP contribution is -2.09. The summed E-state index contributed by atoms with van der Waals surface area (Å²) in [7, 11) is 1.16. The molecule has 0 saturated carbocycles. The van der Waals surface area contributed by atoms with Gasteiger partial charge in [-0.3, -0.25) is 14.9 Å². The third kappa shape index (κ3) is 4.49. The number of nitriles is 1. The van der Waals surface area contributed by atoms with Gasteiger partial charge < -0.3 is 9.47 Å². The van der Waals surface area contributed by atoms with Gasteiger partial charge in [0.15, 0.2) is 17.3 Å². The molecule has 0 unspecified atom stereocenters. The quantitative estimate of drug-likeness (QED) is 0.326. The van der Waals surface area contributed by atoms with E-state index >= 15 is 0 Å². The standard InChI is InChI=1S/C15H14F2N2O5/c1-8(2)14(20)10(7-18)4-9-5-12(23-3)13(24-15(16)17)6-11(9)19(21)22/h4-6,8,15H,1-3H3. The van der Waals surface area contributed by atoms with Crippen molar-refractivity contribution < 1.29 is 28.0 Å². The Morgan fingerprint density at radius 1 is 1.38 bits per heavy atom. The summed E-state index contributed by atoms with van der Waals surface area (Å²) in [6.07, 6.45) is 1.02. The normalized spacial score (nSPS) is 11.3. The van der Waals surface area contributed by atoms with Crippen LogP contribution in [0, 0.1) is 27.4 Å². The summed E-state index contributed by atoms with van der Waals surface area (Å²) in [6.45, 7) is -0.0541. The van der Waals surface area contributed by atoms with Crippen LogP contribution in [0.1, 0.15) is 19.4 Å². The summed E-state index contributed by atoms with van der Waals surface area (Å²) in [5.74, 6) is -1.71. The molecule has 0 aliphatic rings. The van der Waals surface area contributed by atoms with Gasteiger partial charge in [-0.25, -0.2) is 0 Å². The molecule has 1 aromatic carbocycles. The molecule has 1 rings (SSSR count). The van der Waals surface area contributed by atoms with E-state index in [2.05, 4.69) is 4.74 Å². The van der Waals surface area contributed by atoms with Gasteiger partial charge in [0, 0.05) is 5.92 Å². The number of ether oxygens (including phenoxy) is 2. The third-order valence-corrected chi connectivity index (χ3v) is 2.94.